The molecule has 2 nitrogen and oxygen atoms in total. The fraction of sp³-hybridized carbons (Fsp3) is 0.294. The van der Waals surface area contributed by atoms with Crippen LogP contribution >= 0.6 is 0 Å². The highest BCUT2D eigenvalue weighted by molar-refractivity contribution is 5.98. The molecule has 0 unspecified atom stereocenters. The van der Waals surface area contributed by atoms with E-state index in [1.807, 2.05) is 57.2 Å². The minimum Gasteiger partial charge on any atom is -0.394 e. The van der Waals surface area contributed by atoms with E-state index in [0.29, 0.717) is 10.5 Å². The van der Waals surface area contributed by atoms with Crippen LogP contribution in [0.1, 0.15) is 31.9 Å². The van der Waals surface area contributed by atoms with Gasteiger partial charge in [0.05, 0.1) is 5.60 Å². The standard InChI is InChI=1S/C17H22O2Si/c1-16(2,3)18-17(19-20,14-10-6-4-7-11-14)15-12-8-5-9-13-15/h4-13H,1-3,20H3. The van der Waals surface area contributed by atoms with Crippen LogP contribution in [0.25, 0.3) is 0 Å². The van der Waals surface area contributed by atoms with Crippen LogP contribution in [0.2, 0.25) is 0 Å². The maximum Gasteiger partial charge on any atom is 0.212 e. The Labute approximate surface area is 124 Å². The summed E-state index contributed by atoms with van der Waals surface area (Å²) < 4.78 is 12.4. The molecule has 0 heterocycles. The van der Waals surface area contributed by atoms with Gasteiger partial charge in [0.1, 0.15) is 0 Å². The van der Waals surface area contributed by atoms with Crippen LogP contribution in [-0.2, 0) is 14.9 Å². The highest BCUT2D eigenvalue weighted by Crippen LogP contribution is 2.37. The number of ether oxygens (including phenoxy) is 1. The van der Waals surface area contributed by atoms with E-state index in [9.17, 15) is 0 Å². The SMILES string of the molecule is CC(C)(C)OC(O[SiH3])(c1ccccc1)c1ccccc1. The second-order valence-corrected chi connectivity index (χ2v) is 6.18. The summed E-state index contributed by atoms with van der Waals surface area (Å²) in [4.78, 5) is 0. The van der Waals surface area contributed by atoms with Crippen molar-refractivity contribution in [2.45, 2.75) is 32.2 Å². The minimum absolute atomic E-state index is 0.309. The Hall–Kier alpha value is -1.42. The third-order valence-electron chi connectivity index (χ3n) is 3.05. The Balaban J connectivity index is 2.58. The monoisotopic (exact) mass is 286 g/mol. The minimum atomic E-state index is -0.826. The van der Waals surface area contributed by atoms with Crippen molar-refractivity contribution in [2.24, 2.45) is 0 Å². The van der Waals surface area contributed by atoms with Crippen molar-refractivity contribution in [2.75, 3.05) is 0 Å². The van der Waals surface area contributed by atoms with Gasteiger partial charge in [0, 0.05) is 11.1 Å². The first-order valence-corrected chi connectivity index (χ1v) is 7.66. The van der Waals surface area contributed by atoms with Gasteiger partial charge in [0.2, 0.25) is 5.79 Å². The van der Waals surface area contributed by atoms with Gasteiger partial charge in [-0.25, -0.2) is 0 Å². The molecular formula is C17H22O2Si. The molecular weight excluding hydrogens is 264 g/mol. The quantitative estimate of drug-likeness (QED) is 0.635. The average Bonchev–Trinajstić information content (AvgIpc) is 2.46. The van der Waals surface area contributed by atoms with E-state index >= 15 is 0 Å². The summed E-state index contributed by atoms with van der Waals surface area (Å²) in [6, 6.07) is 20.3. The maximum absolute atomic E-state index is 6.36. The predicted octanol–water partition coefficient (Wildman–Crippen LogP) is 3.00. The zero-order chi connectivity index (χ0) is 14.6. The second kappa shape index (κ2) is 5.91. The molecule has 0 spiro atoms. The zero-order valence-corrected chi connectivity index (χ0v) is 14.6. The Morgan fingerprint density at radius 3 is 1.45 bits per heavy atom. The molecule has 2 aromatic rings. The molecule has 0 bridgehead atoms. The average molecular weight is 286 g/mol. The molecule has 0 atom stereocenters. The van der Waals surface area contributed by atoms with Gasteiger partial charge in [-0.2, -0.15) is 0 Å². The molecule has 0 saturated heterocycles. The highest BCUT2D eigenvalue weighted by atomic mass is 28.2. The Bertz CT molecular complexity index is 492. The van der Waals surface area contributed by atoms with Crippen molar-refractivity contribution in [3.8, 4) is 0 Å². The van der Waals surface area contributed by atoms with E-state index in [0.717, 1.165) is 11.1 Å². The van der Waals surface area contributed by atoms with Gasteiger partial charge in [-0.1, -0.05) is 60.7 Å². The molecule has 2 rings (SSSR count). The molecule has 0 aromatic heterocycles. The molecule has 0 amide bonds. The Morgan fingerprint density at radius 2 is 1.15 bits per heavy atom. The molecule has 0 saturated carbocycles. The van der Waals surface area contributed by atoms with Crippen molar-refractivity contribution < 1.29 is 9.16 Å². The molecule has 0 radical (unpaired) electrons. The molecule has 20 heavy (non-hydrogen) atoms. The second-order valence-electron chi connectivity index (χ2n) is 5.77. The lowest BCUT2D eigenvalue weighted by Crippen LogP contribution is -2.40. The first-order chi connectivity index (χ1) is 9.48. The van der Waals surface area contributed by atoms with Gasteiger partial charge >= 0.3 is 0 Å². The van der Waals surface area contributed by atoms with E-state index in [1.165, 1.54) is 0 Å². The van der Waals surface area contributed by atoms with Crippen LogP contribution in [0, 0.1) is 0 Å². The van der Waals surface area contributed by atoms with E-state index in [1.54, 1.807) is 0 Å². The third kappa shape index (κ3) is 3.18. The van der Waals surface area contributed by atoms with Crippen LogP contribution in [0.15, 0.2) is 60.7 Å². The van der Waals surface area contributed by atoms with Gasteiger partial charge in [-0.3, -0.25) is 0 Å². The van der Waals surface area contributed by atoms with Crippen LogP contribution in [0.5, 0.6) is 0 Å². The van der Waals surface area contributed by atoms with E-state index < -0.39 is 5.79 Å². The highest BCUT2D eigenvalue weighted by Gasteiger charge is 2.38. The summed E-state index contributed by atoms with van der Waals surface area (Å²) in [5, 5.41) is 0. The summed E-state index contributed by atoms with van der Waals surface area (Å²) >= 11 is 0. The van der Waals surface area contributed by atoms with Crippen molar-refractivity contribution in [1.29, 1.82) is 0 Å². The summed E-state index contributed by atoms with van der Waals surface area (Å²) in [6.45, 7) is 6.15. The van der Waals surface area contributed by atoms with E-state index in [4.69, 9.17) is 9.16 Å². The van der Waals surface area contributed by atoms with Crippen LogP contribution in [0.4, 0.5) is 0 Å². The largest absolute Gasteiger partial charge is 0.394 e. The van der Waals surface area contributed by atoms with Crippen molar-refractivity contribution in [3.05, 3.63) is 71.8 Å². The Kier molecular flexibility index (Phi) is 4.43. The number of hydrogen-bond acceptors (Lipinski definition) is 2. The summed E-state index contributed by atoms with van der Waals surface area (Å²) in [5.41, 5.74) is 1.74. The summed E-state index contributed by atoms with van der Waals surface area (Å²) in [5.74, 6) is -0.826. The molecule has 3 heteroatoms. The van der Waals surface area contributed by atoms with Crippen LogP contribution in [0.3, 0.4) is 0 Å². The first-order valence-electron chi connectivity index (χ1n) is 6.84. The molecule has 0 aliphatic rings. The van der Waals surface area contributed by atoms with Gasteiger partial charge in [-0.15, -0.1) is 0 Å². The summed E-state index contributed by atoms with van der Waals surface area (Å²) in [6.07, 6.45) is 0. The molecule has 0 fully saturated rings. The molecule has 2 aromatic carbocycles. The molecule has 106 valence electrons. The Morgan fingerprint density at radius 1 is 0.750 bits per heavy atom. The van der Waals surface area contributed by atoms with Gasteiger partial charge < -0.3 is 9.16 Å². The van der Waals surface area contributed by atoms with Crippen LogP contribution in [-0.4, -0.2) is 16.1 Å². The molecule has 0 aliphatic carbocycles. The first kappa shape index (κ1) is 15.0. The van der Waals surface area contributed by atoms with Crippen molar-refractivity contribution >= 4 is 10.5 Å². The molecule has 0 aliphatic heterocycles. The molecule has 0 N–H and O–H groups in total. The fourth-order valence-corrected chi connectivity index (χ4v) is 2.86. The smallest absolute Gasteiger partial charge is 0.212 e. The summed E-state index contributed by atoms with van der Waals surface area (Å²) in [7, 11) is 0.584. The lowest BCUT2D eigenvalue weighted by molar-refractivity contribution is -0.217. The van der Waals surface area contributed by atoms with Crippen molar-refractivity contribution in [3.63, 3.8) is 0 Å². The topological polar surface area (TPSA) is 18.5 Å². The van der Waals surface area contributed by atoms with Gasteiger partial charge in [0.25, 0.3) is 0 Å². The van der Waals surface area contributed by atoms with Crippen molar-refractivity contribution in [1.82, 2.24) is 0 Å². The lowest BCUT2D eigenvalue weighted by Gasteiger charge is -2.39. The van der Waals surface area contributed by atoms with Gasteiger partial charge in [0.15, 0.2) is 10.5 Å². The predicted molar refractivity (Wildman–Crippen MR) is 85.5 cm³/mol. The maximum atomic E-state index is 6.36. The number of rotatable bonds is 4. The fourth-order valence-electron chi connectivity index (χ4n) is 2.31. The number of benzene rings is 2. The van der Waals surface area contributed by atoms with E-state index in [2.05, 4.69) is 24.3 Å². The van der Waals surface area contributed by atoms with E-state index in [-0.39, 0.29) is 5.60 Å². The number of hydrogen-bond donors (Lipinski definition) is 0. The van der Waals surface area contributed by atoms with Crippen LogP contribution < -0.4 is 0 Å². The normalized spacial score (nSPS) is 12.6. The third-order valence-corrected chi connectivity index (χ3v) is 3.62. The lowest BCUT2D eigenvalue weighted by atomic mass is 9.96. The van der Waals surface area contributed by atoms with Gasteiger partial charge in [-0.05, 0) is 20.8 Å². The zero-order valence-electron chi connectivity index (χ0n) is 12.6.